The smallest absolute Gasteiger partial charge is 0.222 e. The first-order valence-electron chi connectivity index (χ1n) is 10.8. The van der Waals surface area contributed by atoms with E-state index in [9.17, 15) is 4.79 Å². The van der Waals surface area contributed by atoms with Gasteiger partial charge in [-0.15, -0.1) is 0 Å². The monoisotopic (exact) mass is 446 g/mol. The molecule has 1 amide bonds. The Morgan fingerprint density at radius 3 is 2.32 bits per heavy atom. The lowest BCUT2D eigenvalue weighted by atomic mass is 10.0. The van der Waals surface area contributed by atoms with Crippen LogP contribution in [0.1, 0.15) is 39.2 Å². The van der Waals surface area contributed by atoms with Crippen LogP contribution in [-0.4, -0.2) is 48.1 Å². The second kappa shape index (κ2) is 11.2. The van der Waals surface area contributed by atoms with Gasteiger partial charge in [-0.3, -0.25) is 9.69 Å². The number of nitrogens with zero attached hydrogens (tertiary/aromatic N) is 2. The topological polar surface area (TPSA) is 75.7 Å². The third-order valence-corrected chi connectivity index (χ3v) is 5.47. The quantitative estimate of drug-likeness (QED) is 0.587. The van der Waals surface area contributed by atoms with Gasteiger partial charge in [0.25, 0.3) is 0 Å². The summed E-state index contributed by atoms with van der Waals surface area (Å²) in [6.45, 7) is 9.31. The predicted molar refractivity (Wildman–Crippen MR) is 124 cm³/mol. The molecular formula is C23H31ClN4O3. The summed E-state index contributed by atoms with van der Waals surface area (Å²) in [5.74, 6) is 1.80. The maximum Gasteiger partial charge on any atom is 0.222 e. The van der Waals surface area contributed by atoms with Gasteiger partial charge < -0.3 is 20.1 Å². The fourth-order valence-corrected chi connectivity index (χ4v) is 3.92. The van der Waals surface area contributed by atoms with Gasteiger partial charge in [0.05, 0.1) is 25.1 Å². The van der Waals surface area contributed by atoms with Crippen molar-refractivity contribution in [3.63, 3.8) is 0 Å². The second-order valence-electron chi connectivity index (χ2n) is 7.58. The maximum absolute atomic E-state index is 11.1. The molecule has 1 fully saturated rings. The van der Waals surface area contributed by atoms with Crippen LogP contribution in [0, 0.1) is 0 Å². The zero-order valence-corrected chi connectivity index (χ0v) is 19.2. The molecule has 0 saturated carbocycles. The van der Waals surface area contributed by atoms with E-state index in [0.29, 0.717) is 41.6 Å². The summed E-state index contributed by atoms with van der Waals surface area (Å²) in [4.78, 5) is 17.8. The van der Waals surface area contributed by atoms with Crippen LogP contribution >= 0.6 is 11.6 Å². The summed E-state index contributed by atoms with van der Waals surface area (Å²) in [5.41, 5.74) is 2.11. The van der Waals surface area contributed by atoms with Gasteiger partial charge >= 0.3 is 0 Å². The molecule has 0 radical (unpaired) electrons. The van der Waals surface area contributed by atoms with Gasteiger partial charge in [0.1, 0.15) is 22.3 Å². The summed E-state index contributed by atoms with van der Waals surface area (Å²) in [6.07, 6.45) is 3.84. The highest BCUT2D eigenvalue weighted by molar-refractivity contribution is 6.33. The number of aromatic nitrogens is 1. The van der Waals surface area contributed by atoms with E-state index < -0.39 is 0 Å². The molecule has 8 heteroatoms. The Bertz CT molecular complexity index is 841. The molecule has 7 nitrogen and oxygen atoms in total. The molecule has 1 saturated heterocycles. The number of benzene rings is 1. The third kappa shape index (κ3) is 6.74. The zero-order valence-electron chi connectivity index (χ0n) is 18.4. The van der Waals surface area contributed by atoms with Gasteiger partial charge in [0.15, 0.2) is 0 Å². The Morgan fingerprint density at radius 2 is 1.81 bits per heavy atom. The molecule has 0 atom stereocenters. The van der Waals surface area contributed by atoms with Crippen LogP contribution in [-0.2, 0) is 11.3 Å². The van der Waals surface area contributed by atoms with Crippen molar-refractivity contribution in [2.24, 2.45) is 0 Å². The third-order valence-electron chi connectivity index (χ3n) is 5.10. The van der Waals surface area contributed by atoms with E-state index in [1.165, 1.54) is 6.92 Å². The number of piperidine rings is 1. The van der Waals surface area contributed by atoms with Gasteiger partial charge in [-0.05, 0) is 56.5 Å². The molecule has 31 heavy (non-hydrogen) atoms. The largest absolute Gasteiger partial charge is 0.492 e. The summed E-state index contributed by atoms with van der Waals surface area (Å²) in [6, 6.07) is 8.18. The van der Waals surface area contributed by atoms with E-state index in [0.717, 1.165) is 43.7 Å². The van der Waals surface area contributed by atoms with Gasteiger partial charge in [-0.25, -0.2) is 4.98 Å². The highest BCUT2D eigenvalue weighted by atomic mass is 35.5. The maximum atomic E-state index is 11.1. The van der Waals surface area contributed by atoms with Gasteiger partial charge in [-0.1, -0.05) is 11.6 Å². The number of amides is 1. The van der Waals surface area contributed by atoms with Crippen LogP contribution in [0.25, 0.3) is 0 Å². The first-order chi connectivity index (χ1) is 15.0. The van der Waals surface area contributed by atoms with Gasteiger partial charge in [-0.2, -0.15) is 0 Å². The molecular weight excluding hydrogens is 416 g/mol. The van der Waals surface area contributed by atoms with Crippen LogP contribution in [0.3, 0.4) is 0 Å². The van der Waals surface area contributed by atoms with Crippen LogP contribution in [0.15, 0.2) is 30.5 Å². The van der Waals surface area contributed by atoms with E-state index >= 15 is 0 Å². The van der Waals surface area contributed by atoms with Crippen molar-refractivity contribution < 1.29 is 14.3 Å². The molecule has 3 rings (SSSR count). The minimum Gasteiger partial charge on any atom is -0.492 e. The van der Waals surface area contributed by atoms with Gasteiger partial charge in [0.2, 0.25) is 5.91 Å². The number of halogens is 1. The summed E-state index contributed by atoms with van der Waals surface area (Å²) in [7, 11) is 0. The van der Waals surface area contributed by atoms with E-state index in [1.807, 2.05) is 38.1 Å². The van der Waals surface area contributed by atoms with Crippen molar-refractivity contribution in [2.45, 2.75) is 46.2 Å². The number of hydrogen-bond donors (Lipinski definition) is 2. The van der Waals surface area contributed by atoms with Crippen LogP contribution < -0.4 is 20.1 Å². The molecule has 1 aromatic heterocycles. The summed E-state index contributed by atoms with van der Waals surface area (Å²) >= 11 is 6.41. The molecule has 0 aliphatic carbocycles. The highest BCUT2D eigenvalue weighted by Crippen LogP contribution is 2.36. The lowest BCUT2D eigenvalue weighted by Crippen LogP contribution is -2.38. The SMILES string of the molecule is CCOc1cc(CN2CCC(Nc3ccc(NC(C)=O)nc3)CC2)cc(OCC)c1Cl. The average molecular weight is 447 g/mol. The Morgan fingerprint density at radius 1 is 1.16 bits per heavy atom. The van der Waals surface area contributed by atoms with Crippen LogP contribution in [0.4, 0.5) is 11.5 Å². The number of likely N-dealkylation sites (tertiary alicyclic amines) is 1. The predicted octanol–water partition coefficient (Wildman–Crippen LogP) is 4.57. The lowest BCUT2D eigenvalue weighted by Gasteiger charge is -2.33. The molecule has 0 unspecified atom stereocenters. The average Bonchev–Trinajstić information content (AvgIpc) is 2.74. The van der Waals surface area contributed by atoms with E-state index in [1.54, 1.807) is 6.20 Å². The number of pyridine rings is 1. The molecule has 1 aliphatic rings. The van der Waals surface area contributed by atoms with Crippen molar-refractivity contribution in [2.75, 3.05) is 36.9 Å². The summed E-state index contributed by atoms with van der Waals surface area (Å²) in [5, 5.41) is 6.76. The number of carbonyl (C=O) groups is 1. The Labute approximate surface area is 189 Å². The van der Waals surface area contributed by atoms with Gasteiger partial charge in [0, 0.05) is 32.6 Å². The molecule has 1 aromatic carbocycles. The summed E-state index contributed by atoms with van der Waals surface area (Å²) < 4.78 is 11.4. The number of ether oxygens (including phenoxy) is 2. The Balaban J connectivity index is 1.54. The number of rotatable bonds is 9. The lowest BCUT2D eigenvalue weighted by molar-refractivity contribution is -0.114. The van der Waals surface area contributed by atoms with Crippen molar-refractivity contribution in [3.8, 4) is 11.5 Å². The number of nitrogens with one attached hydrogen (secondary N) is 2. The molecule has 168 valence electrons. The van der Waals surface area contributed by atoms with E-state index in [4.69, 9.17) is 21.1 Å². The standard InChI is InChI=1S/C23H31ClN4O3/c1-4-30-20-12-17(13-21(23(20)24)31-5-2)15-28-10-8-18(9-11-28)27-19-6-7-22(25-14-19)26-16(3)29/h6-7,12-14,18,27H,4-5,8-11,15H2,1-3H3,(H,25,26,29). The normalized spacial score (nSPS) is 14.8. The van der Waals surface area contributed by atoms with E-state index in [-0.39, 0.29) is 5.91 Å². The Kier molecular flexibility index (Phi) is 8.37. The highest BCUT2D eigenvalue weighted by Gasteiger charge is 2.20. The number of carbonyl (C=O) groups excluding carboxylic acids is 1. The zero-order chi connectivity index (χ0) is 22.2. The molecule has 2 N–H and O–H groups in total. The molecule has 1 aliphatic heterocycles. The van der Waals surface area contributed by atoms with Crippen LogP contribution in [0.5, 0.6) is 11.5 Å². The molecule has 0 spiro atoms. The van der Waals surface area contributed by atoms with Crippen molar-refractivity contribution >= 4 is 29.0 Å². The first kappa shape index (κ1) is 23.2. The molecule has 2 heterocycles. The fourth-order valence-electron chi connectivity index (χ4n) is 3.70. The number of anilines is 2. The van der Waals surface area contributed by atoms with Crippen LogP contribution in [0.2, 0.25) is 5.02 Å². The molecule has 2 aromatic rings. The second-order valence-corrected chi connectivity index (χ2v) is 7.96. The minimum atomic E-state index is -0.122. The first-order valence-corrected chi connectivity index (χ1v) is 11.2. The van der Waals surface area contributed by atoms with Crippen molar-refractivity contribution in [1.29, 1.82) is 0 Å². The van der Waals surface area contributed by atoms with Crippen molar-refractivity contribution in [3.05, 3.63) is 41.0 Å². The van der Waals surface area contributed by atoms with E-state index in [2.05, 4.69) is 20.5 Å². The van der Waals surface area contributed by atoms with Crippen molar-refractivity contribution in [1.82, 2.24) is 9.88 Å². The minimum absolute atomic E-state index is 0.122. The molecule has 0 bridgehead atoms. The fraction of sp³-hybridized carbons (Fsp3) is 0.478. The number of hydrogen-bond acceptors (Lipinski definition) is 6. The Hall–Kier alpha value is -2.51.